The number of aryl methyl sites for hydroxylation is 1. The van der Waals surface area contributed by atoms with E-state index in [2.05, 4.69) is 4.98 Å². The van der Waals surface area contributed by atoms with Crippen molar-refractivity contribution in [2.75, 3.05) is 20.2 Å². The molecule has 26 heavy (non-hydrogen) atoms. The van der Waals surface area contributed by atoms with Gasteiger partial charge >= 0.3 is 0 Å². The number of pyridine rings is 1. The van der Waals surface area contributed by atoms with Crippen LogP contribution in [0.3, 0.4) is 0 Å². The summed E-state index contributed by atoms with van der Waals surface area (Å²) in [6, 6.07) is 10.5. The van der Waals surface area contributed by atoms with Crippen molar-refractivity contribution in [2.45, 2.75) is 32.3 Å². The first kappa shape index (κ1) is 18.5. The van der Waals surface area contributed by atoms with E-state index in [4.69, 9.17) is 4.74 Å². The summed E-state index contributed by atoms with van der Waals surface area (Å²) in [5.41, 5.74) is 2.84. The Hall–Kier alpha value is -2.27. The van der Waals surface area contributed by atoms with Gasteiger partial charge in [0.2, 0.25) is 5.91 Å². The SMILES string of the molecule is CO[C@@H]1CCN(C(=O)Cc2cc(C)ccn2)C[C@H]1Cc1cccc(F)c1. The molecule has 1 aliphatic heterocycles. The lowest BCUT2D eigenvalue weighted by atomic mass is 9.88. The highest BCUT2D eigenvalue weighted by atomic mass is 19.1. The Morgan fingerprint density at radius 3 is 2.92 bits per heavy atom. The summed E-state index contributed by atoms with van der Waals surface area (Å²) in [6.07, 6.45) is 3.62. The second-order valence-corrected chi connectivity index (χ2v) is 7.00. The maximum absolute atomic E-state index is 13.5. The predicted octanol–water partition coefficient (Wildman–Crippen LogP) is 3.18. The van der Waals surface area contributed by atoms with Crippen LogP contribution in [0, 0.1) is 18.7 Å². The number of nitrogens with zero attached hydrogens (tertiary/aromatic N) is 2. The second-order valence-electron chi connectivity index (χ2n) is 7.00. The van der Waals surface area contributed by atoms with Crippen molar-refractivity contribution in [3.63, 3.8) is 0 Å². The summed E-state index contributed by atoms with van der Waals surface area (Å²) in [4.78, 5) is 18.9. The molecule has 0 N–H and O–H groups in total. The van der Waals surface area contributed by atoms with Crippen molar-refractivity contribution in [3.05, 3.63) is 65.2 Å². The van der Waals surface area contributed by atoms with Gasteiger partial charge < -0.3 is 9.64 Å². The highest BCUT2D eigenvalue weighted by molar-refractivity contribution is 5.78. The molecule has 0 radical (unpaired) electrons. The quantitative estimate of drug-likeness (QED) is 0.826. The van der Waals surface area contributed by atoms with Crippen LogP contribution in [0.4, 0.5) is 4.39 Å². The minimum atomic E-state index is -0.231. The molecule has 0 aliphatic carbocycles. The van der Waals surface area contributed by atoms with Gasteiger partial charge in [-0.05, 0) is 55.2 Å². The molecular weight excluding hydrogens is 331 g/mol. The fourth-order valence-corrected chi connectivity index (χ4v) is 3.67. The largest absolute Gasteiger partial charge is 0.381 e. The molecule has 0 unspecified atom stereocenters. The Kier molecular flexibility index (Phi) is 5.99. The highest BCUT2D eigenvalue weighted by Gasteiger charge is 2.31. The molecule has 1 saturated heterocycles. The van der Waals surface area contributed by atoms with Gasteiger partial charge in [0.25, 0.3) is 0 Å². The van der Waals surface area contributed by atoms with Gasteiger partial charge in [-0.25, -0.2) is 4.39 Å². The molecule has 1 aromatic carbocycles. The zero-order chi connectivity index (χ0) is 18.5. The number of amides is 1. The van der Waals surface area contributed by atoms with Gasteiger partial charge in [-0.3, -0.25) is 9.78 Å². The standard InChI is InChI=1S/C21H25FN2O2/c1-15-6-8-23-19(10-15)13-21(25)24-9-7-20(26-2)17(14-24)11-16-4-3-5-18(22)12-16/h3-6,8,10,12,17,20H,7,9,11,13-14H2,1-2H3/t17-,20-/m1/s1. The number of likely N-dealkylation sites (tertiary alicyclic amines) is 1. The van der Waals surface area contributed by atoms with E-state index in [0.717, 1.165) is 23.2 Å². The zero-order valence-corrected chi connectivity index (χ0v) is 15.3. The molecule has 1 amide bonds. The fraction of sp³-hybridized carbons (Fsp3) is 0.429. The van der Waals surface area contributed by atoms with Gasteiger partial charge in [-0.15, -0.1) is 0 Å². The summed E-state index contributed by atoms with van der Waals surface area (Å²) in [7, 11) is 1.71. The molecule has 2 heterocycles. The number of hydrogen-bond donors (Lipinski definition) is 0. The monoisotopic (exact) mass is 356 g/mol. The number of piperidine rings is 1. The molecule has 2 aromatic rings. The van der Waals surface area contributed by atoms with Crippen molar-refractivity contribution in [2.24, 2.45) is 5.92 Å². The van der Waals surface area contributed by atoms with E-state index >= 15 is 0 Å². The van der Waals surface area contributed by atoms with Crippen molar-refractivity contribution in [3.8, 4) is 0 Å². The lowest BCUT2D eigenvalue weighted by molar-refractivity contribution is -0.134. The Bertz CT molecular complexity index is 765. The highest BCUT2D eigenvalue weighted by Crippen LogP contribution is 2.24. The summed E-state index contributed by atoms with van der Waals surface area (Å²) in [6.45, 7) is 3.30. The van der Waals surface area contributed by atoms with Crippen LogP contribution in [-0.2, 0) is 22.4 Å². The number of rotatable bonds is 5. The summed E-state index contributed by atoms with van der Waals surface area (Å²) in [5.74, 6) is 0.0117. The molecular formula is C21H25FN2O2. The number of methoxy groups -OCH3 is 1. The number of carbonyl (C=O) groups excluding carboxylic acids is 1. The number of hydrogen-bond acceptors (Lipinski definition) is 3. The third-order valence-corrected chi connectivity index (χ3v) is 5.01. The van der Waals surface area contributed by atoms with Gasteiger partial charge in [-0.1, -0.05) is 12.1 Å². The minimum absolute atomic E-state index is 0.0828. The van der Waals surface area contributed by atoms with E-state index in [1.807, 2.05) is 30.0 Å². The number of halogens is 1. The Morgan fingerprint density at radius 2 is 2.19 bits per heavy atom. The van der Waals surface area contributed by atoms with Crippen LogP contribution in [0.15, 0.2) is 42.6 Å². The molecule has 1 aliphatic rings. The van der Waals surface area contributed by atoms with Crippen molar-refractivity contribution in [1.29, 1.82) is 0 Å². The Labute approximate surface area is 154 Å². The Morgan fingerprint density at radius 1 is 1.35 bits per heavy atom. The fourth-order valence-electron chi connectivity index (χ4n) is 3.67. The zero-order valence-electron chi connectivity index (χ0n) is 15.3. The predicted molar refractivity (Wildman–Crippen MR) is 98.3 cm³/mol. The summed E-state index contributed by atoms with van der Waals surface area (Å²) < 4.78 is 19.1. The van der Waals surface area contributed by atoms with Crippen LogP contribution in [-0.4, -0.2) is 42.1 Å². The van der Waals surface area contributed by atoms with Gasteiger partial charge in [0.15, 0.2) is 0 Å². The van der Waals surface area contributed by atoms with E-state index in [1.165, 1.54) is 6.07 Å². The third-order valence-electron chi connectivity index (χ3n) is 5.01. The van der Waals surface area contributed by atoms with Crippen LogP contribution in [0.5, 0.6) is 0 Å². The number of aromatic nitrogens is 1. The molecule has 2 atom stereocenters. The molecule has 1 aromatic heterocycles. The van der Waals surface area contributed by atoms with Crippen LogP contribution in [0.25, 0.3) is 0 Å². The lowest BCUT2D eigenvalue weighted by Crippen LogP contribution is -2.47. The average Bonchev–Trinajstić information content (AvgIpc) is 2.61. The first-order valence-corrected chi connectivity index (χ1v) is 9.01. The molecule has 1 fully saturated rings. The Balaban J connectivity index is 1.67. The molecule has 3 rings (SSSR count). The molecule has 0 saturated carbocycles. The first-order valence-electron chi connectivity index (χ1n) is 9.01. The molecule has 138 valence electrons. The average molecular weight is 356 g/mol. The summed E-state index contributed by atoms with van der Waals surface area (Å²) >= 11 is 0. The molecule has 5 heteroatoms. The topological polar surface area (TPSA) is 42.4 Å². The van der Waals surface area contributed by atoms with Gasteiger partial charge in [0, 0.05) is 38.0 Å². The number of benzene rings is 1. The van der Waals surface area contributed by atoms with E-state index in [-0.39, 0.29) is 23.7 Å². The van der Waals surface area contributed by atoms with Crippen LogP contribution in [0.1, 0.15) is 23.2 Å². The van der Waals surface area contributed by atoms with Crippen molar-refractivity contribution < 1.29 is 13.9 Å². The van der Waals surface area contributed by atoms with Crippen LogP contribution < -0.4 is 0 Å². The second kappa shape index (κ2) is 8.41. The first-order chi connectivity index (χ1) is 12.5. The maximum atomic E-state index is 13.5. The number of carbonyl (C=O) groups is 1. The van der Waals surface area contributed by atoms with E-state index in [9.17, 15) is 9.18 Å². The molecule has 0 bridgehead atoms. The molecule has 4 nitrogen and oxygen atoms in total. The maximum Gasteiger partial charge on any atom is 0.228 e. The lowest BCUT2D eigenvalue weighted by Gasteiger charge is -2.38. The van der Waals surface area contributed by atoms with Crippen LogP contribution >= 0.6 is 0 Å². The van der Waals surface area contributed by atoms with E-state index < -0.39 is 0 Å². The van der Waals surface area contributed by atoms with E-state index in [0.29, 0.717) is 25.9 Å². The van der Waals surface area contributed by atoms with Crippen molar-refractivity contribution in [1.82, 2.24) is 9.88 Å². The van der Waals surface area contributed by atoms with E-state index in [1.54, 1.807) is 25.4 Å². The normalized spacial score (nSPS) is 20.2. The van der Waals surface area contributed by atoms with Gasteiger partial charge in [-0.2, -0.15) is 0 Å². The summed E-state index contributed by atoms with van der Waals surface area (Å²) in [5, 5.41) is 0. The number of ether oxygens (including phenoxy) is 1. The molecule has 0 spiro atoms. The smallest absolute Gasteiger partial charge is 0.228 e. The van der Waals surface area contributed by atoms with Crippen molar-refractivity contribution >= 4 is 5.91 Å². The van der Waals surface area contributed by atoms with Crippen LogP contribution in [0.2, 0.25) is 0 Å². The van der Waals surface area contributed by atoms with Gasteiger partial charge in [0.05, 0.1) is 12.5 Å². The third kappa shape index (κ3) is 4.67. The minimum Gasteiger partial charge on any atom is -0.381 e. The van der Waals surface area contributed by atoms with Gasteiger partial charge in [0.1, 0.15) is 5.82 Å².